The Morgan fingerprint density at radius 2 is 1.69 bits per heavy atom. The minimum atomic E-state index is -1.13. The Labute approximate surface area is 195 Å². The molecule has 0 heterocycles. The van der Waals surface area contributed by atoms with Crippen molar-refractivity contribution in [3.05, 3.63) is 34.9 Å². The van der Waals surface area contributed by atoms with Gasteiger partial charge in [0, 0.05) is 18.6 Å². The first kappa shape index (κ1) is 29.3. The molecule has 178 valence electrons. The summed E-state index contributed by atoms with van der Waals surface area (Å²) in [6.45, 7) is 8.03. The molecule has 0 aliphatic heterocycles. The van der Waals surface area contributed by atoms with Crippen LogP contribution >= 0.6 is 11.8 Å². The number of carbonyl (C=O) groups is 2. The molecule has 9 heteroatoms. The molecule has 0 fully saturated rings. The van der Waals surface area contributed by atoms with E-state index >= 15 is 0 Å². The smallest absolute Gasteiger partial charge is 0.329 e. The van der Waals surface area contributed by atoms with Gasteiger partial charge in [-0.3, -0.25) is 10.1 Å². The Hall–Kier alpha value is -2.73. The Morgan fingerprint density at radius 1 is 1.09 bits per heavy atom. The molecular weight excluding hydrogens is 428 g/mol. The highest BCUT2D eigenvalue weighted by Crippen LogP contribution is 2.13. The number of carboxylic acid groups (broad SMARTS) is 2. The quantitative estimate of drug-likeness (QED) is 0.0878. The lowest BCUT2D eigenvalue weighted by Gasteiger charge is -2.19. The van der Waals surface area contributed by atoms with Crippen LogP contribution in [0, 0.1) is 11.5 Å². The van der Waals surface area contributed by atoms with Crippen LogP contribution in [0.15, 0.2) is 39.9 Å². The zero-order valence-corrected chi connectivity index (χ0v) is 20.5. The van der Waals surface area contributed by atoms with Gasteiger partial charge in [0.15, 0.2) is 12.2 Å². The van der Waals surface area contributed by atoms with Crippen LogP contribution in [-0.2, 0) is 9.59 Å². The fourth-order valence-corrected chi connectivity index (χ4v) is 3.56. The number of nitriles is 1. The number of rotatable bonds is 14. The van der Waals surface area contributed by atoms with E-state index in [-0.39, 0.29) is 11.7 Å². The SMILES string of the molecule is CC(C)=CCC/C(C)=C/CC/C(C)=C/CSCC(N=C(NC#N)N(C)CC(=O)O)C(=O)O. The number of carboxylic acids is 2. The fourth-order valence-electron chi connectivity index (χ4n) is 2.59. The monoisotopic (exact) mass is 464 g/mol. The summed E-state index contributed by atoms with van der Waals surface area (Å²) in [6, 6.07) is -1.09. The van der Waals surface area contributed by atoms with Gasteiger partial charge in [-0.25, -0.2) is 9.79 Å². The van der Waals surface area contributed by atoms with E-state index in [1.807, 2.05) is 0 Å². The zero-order valence-electron chi connectivity index (χ0n) is 19.7. The molecule has 8 nitrogen and oxygen atoms in total. The van der Waals surface area contributed by atoms with Gasteiger partial charge in [-0.05, 0) is 53.4 Å². The zero-order chi connectivity index (χ0) is 24.5. The van der Waals surface area contributed by atoms with Crippen LogP contribution in [0.1, 0.15) is 53.4 Å². The van der Waals surface area contributed by atoms with Crippen LogP contribution in [0.2, 0.25) is 0 Å². The molecule has 0 aliphatic carbocycles. The van der Waals surface area contributed by atoms with Crippen molar-refractivity contribution >= 4 is 29.7 Å². The lowest BCUT2D eigenvalue weighted by molar-refractivity contribution is -0.138. The fraction of sp³-hybridized carbons (Fsp3) is 0.565. The van der Waals surface area contributed by atoms with E-state index in [1.54, 1.807) is 6.19 Å². The highest BCUT2D eigenvalue weighted by molar-refractivity contribution is 7.99. The maximum Gasteiger partial charge on any atom is 0.329 e. The van der Waals surface area contributed by atoms with Crippen molar-refractivity contribution in [3.8, 4) is 6.19 Å². The van der Waals surface area contributed by atoms with Gasteiger partial charge in [0.05, 0.1) is 0 Å². The molecule has 32 heavy (non-hydrogen) atoms. The van der Waals surface area contributed by atoms with E-state index < -0.39 is 24.5 Å². The third-order valence-corrected chi connectivity index (χ3v) is 5.37. The molecule has 0 aromatic rings. The van der Waals surface area contributed by atoms with Gasteiger partial charge in [-0.2, -0.15) is 17.0 Å². The molecule has 0 aromatic carbocycles. The van der Waals surface area contributed by atoms with Crippen LogP contribution in [0.25, 0.3) is 0 Å². The Morgan fingerprint density at radius 3 is 2.22 bits per heavy atom. The maximum absolute atomic E-state index is 11.5. The number of nitrogens with zero attached hydrogens (tertiary/aromatic N) is 3. The van der Waals surface area contributed by atoms with E-state index in [0.29, 0.717) is 5.75 Å². The molecule has 0 bridgehead atoms. The van der Waals surface area contributed by atoms with Crippen molar-refractivity contribution in [1.82, 2.24) is 10.2 Å². The second-order valence-corrected chi connectivity index (χ2v) is 8.87. The van der Waals surface area contributed by atoms with Crippen molar-refractivity contribution in [2.24, 2.45) is 4.99 Å². The average molecular weight is 465 g/mol. The first-order valence-corrected chi connectivity index (χ1v) is 11.6. The van der Waals surface area contributed by atoms with E-state index in [0.717, 1.165) is 25.7 Å². The van der Waals surface area contributed by atoms with Gasteiger partial charge >= 0.3 is 11.9 Å². The van der Waals surface area contributed by atoms with Gasteiger partial charge < -0.3 is 15.1 Å². The standard InChI is InChI=1S/C23H36N4O4S/c1-17(2)8-6-9-18(3)10-7-11-19(4)12-13-32-15-20(22(30)31)26-23(25-16-24)27(5)14-21(28)29/h8,10,12,20H,6-7,9,11,13-15H2,1-5H3,(H,25,26)(H,28,29)(H,30,31)/b18-10+,19-12+. The molecule has 0 radical (unpaired) electrons. The molecule has 0 amide bonds. The summed E-state index contributed by atoms with van der Waals surface area (Å²) in [5, 5.41) is 29.4. The lowest BCUT2D eigenvalue weighted by atomic mass is 10.1. The van der Waals surface area contributed by atoms with Gasteiger partial charge in [0.1, 0.15) is 6.54 Å². The summed E-state index contributed by atoms with van der Waals surface area (Å²) in [5.74, 6) is -1.46. The molecular formula is C23H36N4O4S. The number of hydrogen-bond acceptors (Lipinski definition) is 5. The number of nitrogens with one attached hydrogen (secondary N) is 1. The van der Waals surface area contributed by atoms with E-state index in [2.05, 4.69) is 56.2 Å². The second kappa shape index (κ2) is 16.9. The van der Waals surface area contributed by atoms with Crippen molar-refractivity contribution in [3.63, 3.8) is 0 Å². The maximum atomic E-state index is 11.5. The predicted molar refractivity (Wildman–Crippen MR) is 131 cm³/mol. The van der Waals surface area contributed by atoms with Gasteiger partial charge in [0.2, 0.25) is 5.96 Å². The van der Waals surface area contributed by atoms with E-state index in [4.69, 9.17) is 10.4 Å². The molecule has 0 saturated carbocycles. The van der Waals surface area contributed by atoms with Crippen LogP contribution in [0.4, 0.5) is 0 Å². The topological polar surface area (TPSA) is 126 Å². The van der Waals surface area contributed by atoms with E-state index in [1.165, 1.54) is 40.4 Å². The van der Waals surface area contributed by atoms with Gasteiger partial charge in [-0.15, -0.1) is 0 Å². The summed E-state index contributed by atoms with van der Waals surface area (Å²) in [6.07, 6.45) is 12.4. The Bertz CT molecular complexity index is 777. The van der Waals surface area contributed by atoms with Crippen molar-refractivity contribution in [2.45, 2.75) is 59.4 Å². The van der Waals surface area contributed by atoms with Crippen molar-refractivity contribution in [2.75, 3.05) is 25.1 Å². The average Bonchev–Trinajstić information content (AvgIpc) is 2.68. The van der Waals surface area contributed by atoms with Gasteiger partial charge in [0.25, 0.3) is 0 Å². The van der Waals surface area contributed by atoms with Crippen molar-refractivity contribution < 1.29 is 19.8 Å². The molecule has 1 unspecified atom stereocenters. The molecule has 0 rings (SSSR count). The Kier molecular flexibility index (Phi) is 15.5. The summed E-state index contributed by atoms with van der Waals surface area (Å²) in [5.41, 5.74) is 3.98. The number of hydrogen-bond donors (Lipinski definition) is 3. The second-order valence-electron chi connectivity index (χ2n) is 7.79. The molecule has 0 aromatic heterocycles. The number of thioether (sulfide) groups is 1. The third kappa shape index (κ3) is 15.1. The van der Waals surface area contributed by atoms with E-state index in [9.17, 15) is 14.7 Å². The minimum Gasteiger partial charge on any atom is -0.480 e. The molecule has 1 atom stereocenters. The third-order valence-electron chi connectivity index (χ3n) is 4.41. The van der Waals surface area contributed by atoms with Crippen LogP contribution < -0.4 is 5.32 Å². The number of allylic oxidation sites excluding steroid dienone is 5. The number of likely N-dealkylation sites (N-methyl/N-ethyl adjacent to an activating group) is 1. The summed E-state index contributed by atoms with van der Waals surface area (Å²) >= 11 is 1.43. The predicted octanol–water partition coefficient (Wildman–Crippen LogP) is 4.04. The highest BCUT2D eigenvalue weighted by Gasteiger charge is 2.19. The number of aliphatic carboxylic acids is 2. The first-order valence-electron chi connectivity index (χ1n) is 10.5. The van der Waals surface area contributed by atoms with Crippen LogP contribution in [-0.4, -0.2) is 64.2 Å². The van der Waals surface area contributed by atoms with Crippen LogP contribution in [0.5, 0.6) is 0 Å². The Balaban J connectivity index is 4.67. The summed E-state index contributed by atoms with van der Waals surface area (Å²) in [7, 11) is 1.42. The lowest BCUT2D eigenvalue weighted by Crippen LogP contribution is -2.41. The molecule has 0 saturated heterocycles. The molecule has 0 aliphatic rings. The van der Waals surface area contributed by atoms with Crippen LogP contribution in [0.3, 0.4) is 0 Å². The first-order chi connectivity index (χ1) is 15.1. The molecule has 0 spiro atoms. The van der Waals surface area contributed by atoms with Crippen molar-refractivity contribution in [1.29, 1.82) is 5.26 Å². The number of aliphatic imine (C=N–C) groups is 1. The normalized spacial score (nSPS) is 13.2. The summed E-state index contributed by atoms with van der Waals surface area (Å²) in [4.78, 5) is 27.6. The number of guanidine groups is 1. The largest absolute Gasteiger partial charge is 0.480 e. The van der Waals surface area contributed by atoms with Gasteiger partial charge in [-0.1, -0.05) is 34.9 Å². The summed E-state index contributed by atoms with van der Waals surface area (Å²) < 4.78 is 0. The highest BCUT2D eigenvalue weighted by atomic mass is 32.2. The minimum absolute atomic E-state index is 0.0821. The molecule has 3 N–H and O–H groups in total.